The molecule has 80 valence electrons. The Morgan fingerprint density at radius 1 is 1.36 bits per heavy atom. The molecule has 0 aromatic carbocycles. The Morgan fingerprint density at radius 2 is 2.00 bits per heavy atom. The van der Waals surface area contributed by atoms with Crippen LogP contribution in [0.5, 0.6) is 0 Å². The van der Waals surface area contributed by atoms with Crippen LogP contribution in [0.2, 0.25) is 0 Å². The summed E-state index contributed by atoms with van der Waals surface area (Å²) < 4.78 is 28.0. The van der Waals surface area contributed by atoms with Gasteiger partial charge in [-0.05, 0) is 20.3 Å². The van der Waals surface area contributed by atoms with Crippen molar-refractivity contribution in [1.29, 1.82) is 0 Å². The van der Waals surface area contributed by atoms with Crippen LogP contribution in [0.3, 0.4) is 0 Å². The van der Waals surface area contributed by atoms with Gasteiger partial charge in [-0.1, -0.05) is 12.1 Å². The van der Waals surface area contributed by atoms with Crippen LogP contribution in [0, 0.1) is 13.8 Å². The number of nitrogens with zero attached hydrogens (tertiary/aromatic N) is 1. The van der Waals surface area contributed by atoms with Crippen LogP contribution in [0.4, 0.5) is 0 Å². The van der Waals surface area contributed by atoms with Gasteiger partial charge in [0.15, 0.2) is 9.84 Å². The molecule has 5 heteroatoms. The van der Waals surface area contributed by atoms with Gasteiger partial charge in [0.1, 0.15) is 5.76 Å². The Morgan fingerprint density at radius 3 is 2.43 bits per heavy atom. The minimum atomic E-state index is -3.00. The third kappa shape index (κ3) is 2.57. The highest BCUT2D eigenvalue weighted by Gasteiger charge is 2.17. The van der Waals surface area contributed by atoms with Crippen molar-refractivity contribution in [3.8, 4) is 0 Å². The maximum atomic E-state index is 11.5. The molecule has 1 rings (SSSR count). The SMILES string of the molecule is CCCS(=O)(=O)Cc1c(C)noc1C. The standard InChI is InChI=1S/C9H15NO3S/c1-4-5-14(11,12)6-9-7(2)10-13-8(9)3/h4-6H2,1-3H3. The topological polar surface area (TPSA) is 60.2 Å². The predicted octanol–water partition coefficient (Wildman–Crippen LogP) is 1.62. The summed E-state index contributed by atoms with van der Waals surface area (Å²) in [5, 5.41) is 3.72. The van der Waals surface area contributed by atoms with E-state index < -0.39 is 9.84 Å². The fourth-order valence-corrected chi connectivity index (χ4v) is 2.93. The smallest absolute Gasteiger partial charge is 0.154 e. The van der Waals surface area contributed by atoms with Gasteiger partial charge in [0.05, 0.1) is 17.2 Å². The lowest BCUT2D eigenvalue weighted by atomic mass is 10.2. The zero-order chi connectivity index (χ0) is 10.8. The molecule has 0 atom stereocenters. The molecular formula is C9H15NO3S. The van der Waals surface area contributed by atoms with E-state index in [0.29, 0.717) is 23.4 Å². The molecule has 14 heavy (non-hydrogen) atoms. The number of aryl methyl sites for hydroxylation is 2. The van der Waals surface area contributed by atoms with Crippen LogP contribution in [0.15, 0.2) is 4.52 Å². The van der Waals surface area contributed by atoms with Crippen molar-refractivity contribution < 1.29 is 12.9 Å². The minimum absolute atomic E-state index is 0.0437. The first-order chi connectivity index (χ1) is 6.46. The van der Waals surface area contributed by atoms with E-state index in [1.54, 1.807) is 13.8 Å². The largest absolute Gasteiger partial charge is 0.361 e. The van der Waals surface area contributed by atoms with Crippen LogP contribution in [0.1, 0.15) is 30.4 Å². The van der Waals surface area contributed by atoms with Crippen LogP contribution in [-0.4, -0.2) is 19.3 Å². The first kappa shape index (κ1) is 11.2. The molecule has 1 aromatic rings. The molecule has 0 fully saturated rings. The van der Waals surface area contributed by atoms with Crippen molar-refractivity contribution in [2.45, 2.75) is 32.9 Å². The second kappa shape index (κ2) is 4.13. The molecule has 0 spiro atoms. The number of aromatic nitrogens is 1. The fraction of sp³-hybridized carbons (Fsp3) is 0.667. The molecule has 0 aliphatic rings. The monoisotopic (exact) mass is 217 g/mol. The Kier molecular flexibility index (Phi) is 3.31. The predicted molar refractivity (Wildman–Crippen MR) is 53.8 cm³/mol. The fourth-order valence-electron chi connectivity index (χ4n) is 1.31. The van der Waals surface area contributed by atoms with Crippen molar-refractivity contribution in [3.63, 3.8) is 0 Å². The van der Waals surface area contributed by atoms with Crippen molar-refractivity contribution in [1.82, 2.24) is 5.16 Å². The molecule has 0 N–H and O–H groups in total. The van der Waals surface area contributed by atoms with Crippen LogP contribution in [0.25, 0.3) is 0 Å². The lowest BCUT2D eigenvalue weighted by molar-refractivity contribution is 0.392. The number of hydrogen-bond donors (Lipinski definition) is 0. The van der Waals surface area contributed by atoms with E-state index in [2.05, 4.69) is 5.16 Å². The third-order valence-corrected chi connectivity index (χ3v) is 3.82. The summed E-state index contributed by atoms with van der Waals surface area (Å²) in [5.74, 6) is 0.862. The zero-order valence-electron chi connectivity index (χ0n) is 8.70. The summed E-state index contributed by atoms with van der Waals surface area (Å²) in [4.78, 5) is 0. The van der Waals surface area contributed by atoms with E-state index in [4.69, 9.17) is 4.52 Å². The molecule has 0 saturated carbocycles. The van der Waals surface area contributed by atoms with Gasteiger partial charge >= 0.3 is 0 Å². The Labute approximate surface area is 84.2 Å². The summed E-state index contributed by atoms with van der Waals surface area (Å²) >= 11 is 0. The molecule has 0 amide bonds. The van der Waals surface area contributed by atoms with E-state index in [-0.39, 0.29) is 11.5 Å². The van der Waals surface area contributed by atoms with Crippen molar-refractivity contribution in [2.75, 3.05) is 5.75 Å². The zero-order valence-corrected chi connectivity index (χ0v) is 9.52. The Hall–Kier alpha value is -0.840. The van der Waals surface area contributed by atoms with Gasteiger partial charge in [-0.3, -0.25) is 0 Å². The molecule has 0 radical (unpaired) electrons. The molecule has 0 aliphatic heterocycles. The van der Waals surface area contributed by atoms with Gasteiger partial charge in [0, 0.05) is 5.56 Å². The molecule has 0 aliphatic carbocycles. The van der Waals surface area contributed by atoms with Gasteiger partial charge in [0.25, 0.3) is 0 Å². The second-order valence-corrected chi connectivity index (χ2v) is 5.58. The van der Waals surface area contributed by atoms with E-state index in [9.17, 15) is 8.42 Å². The molecule has 1 heterocycles. The first-order valence-electron chi connectivity index (χ1n) is 4.58. The normalized spacial score (nSPS) is 11.9. The van der Waals surface area contributed by atoms with E-state index in [1.807, 2.05) is 6.92 Å². The number of hydrogen-bond acceptors (Lipinski definition) is 4. The van der Waals surface area contributed by atoms with Gasteiger partial charge in [-0.15, -0.1) is 0 Å². The van der Waals surface area contributed by atoms with Crippen molar-refractivity contribution in [2.24, 2.45) is 0 Å². The maximum Gasteiger partial charge on any atom is 0.154 e. The summed E-state index contributed by atoms with van der Waals surface area (Å²) in [5.41, 5.74) is 1.38. The molecular weight excluding hydrogens is 202 g/mol. The summed E-state index contributed by atoms with van der Waals surface area (Å²) in [7, 11) is -3.00. The highest BCUT2D eigenvalue weighted by molar-refractivity contribution is 7.90. The molecule has 4 nitrogen and oxygen atoms in total. The third-order valence-electron chi connectivity index (χ3n) is 2.06. The number of rotatable bonds is 4. The summed E-state index contributed by atoms with van der Waals surface area (Å²) in [6, 6.07) is 0. The van der Waals surface area contributed by atoms with Crippen molar-refractivity contribution >= 4 is 9.84 Å². The quantitative estimate of drug-likeness (QED) is 0.768. The average molecular weight is 217 g/mol. The lowest BCUT2D eigenvalue weighted by Crippen LogP contribution is -2.09. The van der Waals surface area contributed by atoms with Crippen LogP contribution < -0.4 is 0 Å². The average Bonchev–Trinajstić information content (AvgIpc) is 2.35. The highest BCUT2D eigenvalue weighted by Crippen LogP contribution is 2.16. The van der Waals surface area contributed by atoms with Gasteiger partial charge in [-0.25, -0.2) is 8.42 Å². The molecule has 1 aromatic heterocycles. The van der Waals surface area contributed by atoms with Gasteiger partial charge in [0.2, 0.25) is 0 Å². The Bertz CT molecular complexity index is 386. The Balaban J connectivity index is 2.89. The summed E-state index contributed by atoms with van der Waals surface area (Å²) in [6.45, 7) is 5.34. The van der Waals surface area contributed by atoms with Gasteiger partial charge in [-0.2, -0.15) is 0 Å². The summed E-state index contributed by atoms with van der Waals surface area (Å²) in [6.07, 6.45) is 0.645. The molecule has 0 saturated heterocycles. The van der Waals surface area contributed by atoms with Crippen LogP contribution >= 0.6 is 0 Å². The first-order valence-corrected chi connectivity index (χ1v) is 6.40. The lowest BCUT2D eigenvalue weighted by Gasteiger charge is -2.01. The molecule has 0 bridgehead atoms. The minimum Gasteiger partial charge on any atom is -0.361 e. The maximum absolute atomic E-state index is 11.5. The van der Waals surface area contributed by atoms with Crippen molar-refractivity contribution in [3.05, 3.63) is 17.0 Å². The van der Waals surface area contributed by atoms with Gasteiger partial charge < -0.3 is 4.52 Å². The van der Waals surface area contributed by atoms with Crippen LogP contribution in [-0.2, 0) is 15.6 Å². The highest BCUT2D eigenvalue weighted by atomic mass is 32.2. The second-order valence-electron chi connectivity index (χ2n) is 3.39. The van der Waals surface area contributed by atoms with E-state index >= 15 is 0 Å². The molecule has 0 unspecified atom stereocenters. The number of sulfone groups is 1. The van der Waals surface area contributed by atoms with E-state index in [1.165, 1.54) is 0 Å². The van der Waals surface area contributed by atoms with E-state index in [0.717, 1.165) is 0 Å².